The van der Waals surface area contributed by atoms with Gasteiger partial charge in [-0.2, -0.15) is 0 Å². The fraction of sp³-hybridized carbons (Fsp3) is 0.417. The third-order valence-electron chi connectivity index (χ3n) is 3.28. The van der Waals surface area contributed by atoms with Crippen LogP contribution in [0.2, 0.25) is 0 Å². The van der Waals surface area contributed by atoms with Crippen molar-refractivity contribution in [3.63, 3.8) is 0 Å². The predicted molar refractivity (Wildman–Crippen MR) is 60.3 cm³/mol. The van der Waals surface area contributed by atoms with E-state index in [-0.39, 0.29) is 0 Å². The number of hydrogen-bond acceptors (Lipinski definition) is 3. The smallest absolute Gasteiger partial charge is 0.423 e. The van der Waals surface area contributed by atoms with E-state index in [0.717, 1.165) is 29.4 Å². The van der Waals surface area contributed by atoms with Crippen molar-refractivity contribution in [1.29, 1.82) is 0 Å². The molecule has 0 bridgehead atoms. The van der Waals surface area contributed by atoms with Crippen molar-refractivity contribution in [3.8, 4) is 0 Å². The summed E-state index contributed by atoms with van der Waals surface area (Å²) in [6, 6.07) is 5.80. The highest BCUT2D eigenvalue weighted by Crippen LogP contribution is 2.30. The van der Waals surface area contributed by atoms with Gasteiger partial charge < -0.3 is 9.68 Å². The van der Waals surface area contributed by atoms with Gasteiger partial charge in [0.05, 0.1) is 6.61 Å². The number of ketones is 1. The van der Waals surface area contributed by atoms with Crippen molar-refractivity contribution >= 4 is 18.4 Å². The maximum absolute atomic E-state index is 11.7. The molecule has 2 aliphatic rings. The van der Waals surface area contributed by atoms with Crippen LogP contribution in [0, 0.1) is 5.92 Å². The molecule has 3 rings (SSSR count). The van der Waals surface area contributed by atoms with Crippen LogP contribution < -0.4 is 5.46 Å². The van der Waals surface area contributed by atoms with Crippen LogP contribution >= 0.6 is 0 Å². The summed E-state index contributed by atoms with van der Waals surface area (Å²) in [6.45, 7) is 0.466. The number of fused-ring (bicyclic) bond motifs is 1. The minimum Gasteiger partial charge on any atom is -0.423 e. The quantitative estimate of drug-likeness (QED) is 0.745. The lowest BCUT2D eigenvalue weighted by Crippen LogP contribution is -2.28. The van der Waals surface area contributed by atoms with E-state index in [4.69, 9.17) is 4.65 Å². The van der Waals surface area contributed by atoms with E-state index < -0.39 is 7.12 Å². The molecule has 1 fully saturated rings. The Hall–Kier alpha value is -1.13. The molecule has 0 unspecified atom stereocenters. The Morgan fingerprint density at radius 2 is 2.31 bits per heavy atom. The molecule has 0 radical (unpaired) electrons. The Morgan fingerprint density at radius 3 is 3.06 bits per heavy atom. The number of rotatable bonds is 3. The van der Waals surface area contributed by atoms with E-state index in [2.05, 4.69) is 0 Å². The molecule has 0 spiro atoms. The van der Waals surface area contributed by atoms with Gasteiger partial charge in [-0.15, -0.1) is 0 Å². The fourth-order valence-electron chi connectivity index (χ4n) is 2.13. The molecule has 3 nitrogen and oxygen atoms in total. The Kier molecular flexibility index (Phi) is 2.34. The van der Waals surface area contributed by atoms with Crippen LogP contribution in [-0.4, -0.2) is 17.9 Å². The predicted octanol–water partition coefficient (Wildman–Crippen LogP) is 0.426. The number of hydrogen-bond donors (Lipinski definition) is 1. The lowest BCUT2D eigenvalue weighted by Gasteiger charge is -2.03. The first-order valence-corrected chi connectivity index (χ1v) is 5.68. The van der Waals surface area contributed by atoms with Gasteiger partial charge in [-0.3, -0.25) is 4.79 Å². The second-order valence-corrected chi connectivity index (χ2v) is 4.61. The third kappa shape index (κ3) is 1.79. The number of carbonyl (C=O) groups is 1. The zero-order chi connectivity index (χ0) is 11.1. The van der Waals surface area contributed by atoms with Gasteiger partial charge in [0, 0.05) is 12.3 Å². The summed E-state index contributed by atoms with van der Waals surface area (Å²) in [5, 5.41) is 9.55. The van der Waals surface area contributed by atoms with Gasteiger partial charge in [0.25, 0.3) is 0 Å². The van der Waals surface area contributed by atoms with Gasteiger partial charge in [0.1, 0.15) is 5.78 Å². The molecule has 1 heterocycles. The molecule has 0 saturated heterocycles. The summed E-state index contributed by atoms with van der Waals surface area (Å²) in [5.74, 6) is 0.628. The topological polar surface area (TPSA) is 46.5 Å². The normalized spacial score (nSPS) is 18.7. The van der Waals surface area contributed by atoms with Crippen LogP contribution in [0.15, 0.2) is 18.2 Å². The van der Waals surface area contributed by atoms with Gasteiger partial charge in [0.2, 0.25) is 0 Å². The molecule has 0 amide bonds. The summed E-state index contributed by atoms with van der Waals surface area (Å²) in [4.78, 5) is 11.7. The van der Waals surface area contributed by atoms with E-state index in [1.54, 1.807) is 0 Å². The summed E-state index contributed by atoms with van der Waals surface area (Å²) >= 11 is 0. The van der Waals surface area contributed by atoms with E-state index in [0.29, 0.717) is 24.7 Å². The molecular formula is C12H13BO3. The fourth-order valence-corrected chi connectivity index (χ4v) is 2.13. The van der Waals surface area contributed by atoms with Crippen LogP contribution in [0.25, 0.3) is 0 Å². The first-order chi connectivity index (χ1) is 7.74. The lowest BCUT2D eigenvalue weighted by molar-refractivity contribution is -0.119. The Balaban J connectivity index is 1.80. The number of carbonyl (C=O) groups excluding carboxylic acids is 1. The molecule has 0 aromatic heterocycles. The average molecular weight is 216 g/mol. The van der Waals surface area contributed by atoms with Crippen molar-refractivity contribution in [2.75, 3.05) is 0 Å². The highest BCUT2D eigenvalue weighted by atomic mass is 16.5. The van der Waals surface area contributed by atoms with E-state index >= 15 is 0 Å². The molecular weight excluding hydrogens is 203 g/mol. The first kappa shape index (κ1) is 10.1. The Labute approximate surface area is 94.6 Å². The molecule has 1 aromatic carbocycles. The number of benzene rings is 1. The second kappa shape index (κ2) is 3.72. The second-order valence-electron chi connectivity index (χ2n) is 4.61. The largest absolute Gasteiger partial charge is 0.491 e. The monoisotopic (exact) mass is 216 g/mol. The van der Waals surface area contributed by atoms with E-state index in [9.17, 15) is 9.82 Å². The van der Waals surface area contributed by atoms with Crippen LogP contribution in [0.1, 0.15) is 24.0 Å². The highest BCUT2D eigenvalue weighted by Gasteiger charge is 2.30. The zero-order valence-corrected chi connectivity index (χ0v) is 8.98. The van der Waals surface area contributed by atoms with Crippen molar-refractivity contribution in [3.05, 3.63) is 29.3 Å². The molecule has 0 atom stereocenters. The minimum atomic E-state index is -0.814. The van der Waals surface area contributed by atoms with Crippen LogP contribution in [0.3, 0.4) is 0 Å². The van der Waals surface area contributed by atoms with Crippen molar-refractivity contribution in [2.24, 2.45) is 5.92 Å². The SMILES string of the molecule is O=C(Cc1ccc2c(c1)B(O)OC2)C1CC1. The minimum absolute atomic E-state index is 0.300. The van der Waals surface area contributed by atoms with Gasteiger partial charge in [-0.25, -0.2) is 0 Å². The molecule has 1 aromatic rings. The van der Waals surface area contributed by atoms with E-state index in [1.807, 2.05) is 18.2 Å². The van der Waals surface area contributed by atoms with Crippen LogP contribution in [0.4, 0.5) is 0 Å². The zero-order valence-electron chi connectivity index (χ0n) is 8.98. The molecule has 82 valence electrons. The van der Waals surface area contributed by atoms with Crippen molar-refractivity contribution < 1.29 is 14.5 Å². The highest BCUT2D eigenvalue weighted by molar-refractivity contribution is 6.61. The Morgan fingerprint density at radius 1 is 1.50 bits per heavy atom. The van der Waals surface area contributed by atoms with Gasteiger partial charge in [0.15, 0.2) is 0 Å². The van der Waals surface area contributed by atoms with Gasteiger partial charge in [-0.05, 0) is 29.4 Å². The maximum atomic E-state index is 11.7. The van der Waals surface area contributed by atoms with Crippen LogP contribution in [0.5, 0.6) is 0 Å². The summed E-state index contributed by atoms with van der Waals surface area (Å²) < 4.78 is 5.11. The molecule has 1 aliphatic heterocycles. The van der Waals surface area contributed by atoms with Gasteiger partial charge in [-0.1, -0.05) is 18.2 Å². The summed E-state index contributed by atoms with van der Waals surface area (Å²) in [5.41, 5.74) is 2.83. The van der Waals surface area contributed by atoms with Gasteiger partial charge >= 0.3 is 7.12 Å². The molecule has 16 heavy (non-hydrogen) atoms. The van der Waals surface area contributed by atoms with E-state index in [1.165, 1.54) is 0 Å². The summed E-state index contributed by atoms with van der Waals surface area (Å²) in [6.07, 6.45) is 2.59. The standard InChI is InChI=1S/C12H13BO3/c14-12(9-3-4-9)6-8-1-2-10-7-16-13(15)11(10)5-8/h1-2,5,9,15H,3-4,6-7H2. The van der Waals surface area contributed by atoms with Crippen molar-refractivity contribution in [2.45, 2.75) is 25.9 Å². The average Bonchev–Trinajstić information content (AvgIpc) is 3.06. The van der Waals surface area contributed by atoms with Crippen molar-refractivity contribution in [1.82, 2.24) is 0 Å². The summed E-state index contributed by atoms with van der Waals surface area (Å²) in [7, 11) is -0.814. The lowest BCUT2D eigenvalue weighted by atomic mass is 9.78. The number of Topliss-reactive ketones (excluding diaryl/α,β-unsaturated/α-hetero) is 1. The Bertz CT molecular complexity index is 440. The first-order valence-electron chi connectivity index (χ1n) is 5.68. The molecule has 4 heteroatoms. The third-order valence-corrected chi connectivity index (χ3v) is 3.28. The molecule has 1 aliphatic carbocycles. The van der Waals surface area contributed by atoms with Crippen LogP contribution in [-0.2, 0) is 22.5 Å². The maximum Gasteiger partial charge on any atom is 0.491 e. The molecule has 1 N–H and O–H groups in total. The molecule has 1 saturated carbocycles.